The van der Waals surface area contributed by atoms with Crippen LogP contribution in [0.1, 0.15) is 27.7 Å². The molecule has 0 saturated carbocycles. The highest BCUT2D eigenvalue weighted by molar-refractivity contribution is 14.1. The molecule has 1 N–H and O–H groups in total. The highest BCUT2D eigenvalue weighted by atomic mass is 127. The minimum Gasteiger partial charge on any atom is -0.366 e. The maximum atomic E-state index is 14.7. The van der Waals surface area contributed by atoms with Crippen LogP contribution in [-0.2, 0) is 0 Å². The Hall–Kier alpha value is -1.55. The molecule has 1 atom stereocenters. The number of halogens is 4. The van der Waals surface area contributed by atoms with E-state index in [9.17, 15) is 8.78 Å². The van der Waals surface area contributed by atoms with E-state index in [1.165, 1.54) is 23.0 Å². The molecule has 2 heterocycles. The molecule has 2 aromatic heterocycles. The van der Waals surface area contributed by atoms with Crippen LogP contribution in [-0.4, -0.2) is 25.6 Å². The van der Waals surface area contributed by atoms with Crippen molar-refractivity contribution in [1.29, 1.82) is 0 Å². The van der Waals surface area contributed by atoms with Crippen molar-refractivity contribution in [3.8, 4) is 11.1 Å². The summed E-state index contributed by atoms with van der Waals surface area (Å²) in [5, 5.41) is 7.37. The molecular formula is C17H17ClF2IN5. The minimum absolute atomic E-state index is 0.0480. The molecule has 9 heteroatoms. The number of rotatable bonds is 3. The van der Waals surface area contributed by atoms with Gasteiger partial charge in [-0.3, -0.25) is 0 Å². The summed E-state index contributed by atoms with van der Waals surface area (Å²) < 4.78 is 31.2. The molecule has 3 aromatic rings. The summed E-state index contributed by atoms with van der Waals surface area (Å²) in [6, 6.07) is 2.44. The SMILES string of the molecule is CC(Nc1c(-c2c(F)cc(I)cc2F)c(Cl)nc2ncnn12)C(C)(C)C. The molecule has 0 saturated heterocycles. The topological polar surface area (TPSA) is 55.1 Å². The fraction of sp³-hybridized carbons (Fsp3) is 0.353. The van der Waals surface area contributed by atoms with Crippen LogP contribution in [0.4, 0.5) is 14.6 Å². The number of benzene rings is 1. The molecular weight excluding hydrogens is 475 g/mol. The van der Waals surface area contributed by atoms with Gasteiger partial charge in [-0.15, -0.1) is 0 Å². The van der Waals surface area contributed by atoms with E-state index in [4.69, 9.17) is 11.6 Å². The third kappa shape index (κ3) is 3.48. The Morgan fingerprint density at radius 3 is 2.38 bits per heavy atom. The van der Waals surface area contributed by atoms with Gasteiger partial charge in [-0.2, -0.15) is 19.6 Å². The second kappa shape index (κ2) is 6.88. The van der Waals surface area contributed by atoms with Gasteiger partial charge >= 0.3 is 0 Å². The third-order valence-corrected chi connectivity index (χ3v) is 5.19. The minimum atomic E-state index is -0.718. The number of nitrogens with one attached hydrogen (secondary N) is 1. The Balaban J connectivity index is 2.32. The zero-order chi connectivity index (χ0) is 19.2. The Morgan fingerprint density at radius 1 is 1.19 bits per heavy atom. The number of aromatic nitrogens is 4. The van der Waals surface area contributed by atoms with Crippen LogP contribution < -0.4 is 5.32 Å². The van der Waals surface area contributed by atoms with E-state index in [2.05, 4.69) is 41.2 Å². The maximum absolute atomic E-state index is 14.7. The van der Waals surface area contributed by atoms with Gasteiger partial charge in [0.25, 0.3) is 5.78 Å². The fourth-order valence-electron chi connectivity index (χ4n) is 2.37. The highest BCUT2D eigenvalue weighted by Crippen LogP contribution is 2.39. The Morgan fingerprint density at radius 2 is 1.81 bits per heavy atom. The zero-order valence-corrected chi connectivity index (χ0v) is 17.5. The molecule has 0 amide bonds. The van der Waals surface area contributed by atoms with Crippen LogP contribution in [0.25, 0.3) is 16.9 Å². The highest BCUT2D eigenvalue weighted by Gasteiger charge is 2.27. The first-order chi connectivity index (χ1) is 12.1. The van der Waals surface area contributed by atoms with E-state index >= 15 is 0 Å². The second-order valence-electron chi connectivity index (χ2n) is 7.07. The summed E-state index contributed by atoms with van der Waals surface area (Å²) in [6.07, 6.45) is 1.32. The molecule has 138 valence electrons. The van der Waals surface area contributed by atoms with E-state index < -0.39 is 11.6 Å². The lowest BCUT2D eigenvalue weighted by Gasteiger charge is -2.30. The number of anilines is 1. The van der Waals surface area contributed by atoms with Crippen molar-refractivity contribution in [1.82, 2.24) is 19.6 Å². The van der Waals surface area contributed by atoms with Gasteiger partial charge < -0.3 is 5.32 Å². The van der Waals surface area contributed by atoms with E-state index in [0.29, 0.717) is 9.39 Å². The molecule has 5 nitrogen and oxygen atoms in total. The smallest absolute Gasteiger partial charge is 0.255 e. The van der Waals surface area contributed by atoms with Crippen LogP contribution in [0.15, 0.2) is 18.5 Å². The molecule has 0 radical (unpaired) electrons. The first-order valence-electron chi connectivity index (χ1n) is 7.90. The van der Waals surface area contributed by atoms with Crippen LogP contribution in [0, 0.1) is 20.6 Å². The average molecular weight is 492 g/mol. The van der Waals surface area contributed by atoms with E-state index in [1.54, 1.807) is 0 Å². The third-order valence-electron chi connectivity index (χ3n) is 4.29. The second-order valence-corrected chi connectivity index (χ2v) is 8.68. The van der Waals surface area contributed by atoms with Crippen molar-refractivity contribution < 1.29 is 8.78 Å². The molecule has 3 rings (SSSR count). The Labute approximate surface area is 168 Å². The van der Waals surface area contributed by atoms with Crippen molar-refractivity contribution in [2.75, 3.05) is 5.32 Å². The van der Waals surface area contributed by atoms with Gasteiger partial charge in [-0.25, -0.2) is 8.78 Å². The van der Waals surface area contributed by atoms with Crippen LogP contribution in [0.2, 0.25) is 5.15 Å². The fourth-order valence-corrected chi connectivity index (χ4v) is 3.18. The molecule has 0 aliphatic heterocycles. The lowest BCUT2D eigenvalue weighted by molar-refractivity contribution is 0.358. The standard InChI is InChI=1S/C17H17ClF2IN5/c1-8(17(2,3)4)24-15-13(12-10(19)5-9(21)6-11(12)20)14(18)25-16-22-7-23-26(15)16/h5-8,24H,1-4H3. The summed E-state index contributed by atoms with van der Waals surface area (Å²) in [4.78, 5) is 8.16. The van der Waals surface area contributed by atoms with Gasteiger partial charge in [0.1, 0.15) is 28.9 Å². The molecule has 1 unspecified atom stereocenters. The van der Waals surface area contributed by atoms with E-state index in [-0.39, 0.29) is 33.5 Å². The largest absolute Gasteiger partial charge is 0.366 e. The number of fused-ring (bicyclic) bond motifs is 1. The lowest BCUT2D eigenvalue weighted by Crippen LogP contribution is -2.32. The van der Waals surface area contributed by atoms with Crippen molar-refractivity contribution in [3.05, 3.63) is 38.8 Å². The quantitative estimate of drug-likeness (QED) is 0.405. The molecule has 0 aliphatic carbocycles. The van der Waals surface area contributed by atoms with Crippen molar-refractivity contribution in [3.63, 3.8) is 0 Å². The summed E-state index contributed by atoms with van der Waals surface area (Å²) in [5.74, 6) is -0.847. The summed E-state index contributed by atoms with van der Waals surface area (Å²) in [7, 11) is 0. The molecule has 26 heavy (non-hydrogen) atoms. The Bertz CT molecular complexity index is 960. The molecule has 0 spiro atoms. The number of nitrogens with zero attached hydrogens (tertiary/aromatic N) is 4. The van der Waals surface area contributed by atoms with Crippen LogP contribution >= 0.6 is 34.2 Å². The van der Waals surface area contributed by atoms with Gasteiger partial charge in [0.2, 0.25) is 0 Å². The van der Waals surface area contributed by atoms with Crippen LogP contribution in [0.3, 0.4) is 0 Å². The van der Waals surface area contributed by atoms with Gasteiger partial charge in [0, 0.05) is 9.61 Å². The van der Waals surface area contributed by atoms with Crippen LogP contribution in [0.5, 0.6) is 0 Å². The van der Waals surface area contributed by atoms with Gasteiger partial charge in [0.05, 0.1) is 11.1 Å². The molecule has 0 bridgehead atoms. The molecule has 0 aliphatic rings. The van der Waals surface area contributed by atoms with Crippen molar-refractivity contribution in [2.24, 2.45) is 5.41 Å². The lowest BCUT2D eigenvalue weighted by atomic mass is 9.88. The monoisotopic (exact) mass is 491 g/mol. The summed E-state index contributed by atoms with van der Waals surface area (Å²) in [5.41, 5.74) is -0.251. The summed E-state index contributed by atoms with van der Waals surface area (Å²) in [6.45, 7) is 8.13. The first-order valence-corrected chi connectivity index (χ1v) is 9.36. The van der Waals surface area contributed by atoms with Crippen molar-refractivity contribution in [2.45, 2.75) is 33.7 Å². The Kier molecular flexibility index (Phi) is 5.08. The molecule has 0 fully saturated rings. The van der Waals surface area contributed by atoms with Gasteiger partial charge in [-0.05, 0) is 47.1 Å². The zero-order valence-electron chi connectivity index (χ0n) is 14.6. The van der Waals surface area contributed by atoms with Gasteiger partial charge in [-0.1, -0.05) is 32.4 Å². The first kappa shape index (κ1) is 19.2. The predicted octanol–water partition coefficient (Wildman–Crippen LogP) is 5.17. The molecule has 1 aromatic carbocycles. The normalized spacial score (nSPS) is 13.2. The van der Waals surface area contributed by atoms with Gasteiger partial charge in [0.15, 0.2) is 0 Å². The van der Waals surface area contributed by atoms with E-state index in [1.807, 2.05) is 29.5 Å². The van der Waals surface area contributed by atoms with E-state index in [0.717, 1.165) is 0 Å². The summed E-state index contributed by atoms with van der Waals surface area (Å²) >= 11 is 8.17. The predicted molar refractivity (Wildman–Crippen MR) is 106 cm³/mol. The number of hydrogen-bond donors (Lipinski definition) is 1. The average Bonchev–Trinajstić information content (AvgIpc) is 2.95. The van der Waals surface area contributed by atoms with Crippen molar-refractivity contribution >= 4 is 45.8 Å². The number of hydrogen-bond acceptors (Lipinski definition) is 4. The maximum Gasteiger partial charge on any atom is 0.255 e.